The second-order valence-corrected chi connectivity index (χ2v) is 10.1. The lowest BCUT2D eigenvalue weighted by molar-refractivity contribution is -0.132. The number of thiophene rings is 1. The highest BCUT2D eigenvalue weighted by atomic mass is 32.1. The summed E-state index contributed by atoms with van der Waals surface area (Å²) in [6, 6.07) is 18.9. The summed E-state index contributed by atoms with van der Waals surface area (Å²) in [5, 5.41) is 2.57. The molecule has 0 bridgehead atoms. The molecule has 4 rings (SSSR count). The van der Waals surface area contributed by atoms with Gasteiger partial charge in [-0.15, -0.1) is 11.3 Å². The number of para-hydroxylation sites is 1. The van der Waals surface area contributed by atoms with Gasteiger partial charge in [0.1, 0.15) is 5.82 Å². The summed E-state index contributed by atoms with van der Waals surface area (Å²) in [6.07, 6.45) is 4.64. The van der Waals surface area contributed by atoms with Crippen LogP contribution in [0.5, 0.6) is 0 Å². The van der Waals surface area contributed by atoms with Crippen LogP contribution in [0.25, 0.3) is 16.6 Å². The van der Waals surface area contributed by atoms with Gasteiger partial charge >= 0.3 is 0 Å². The lowest BCUT2D eigenvalue weighted by atomic mass is 10.1. The molecule has 2 heterocycles. The minimum Gasteiger partial charge on any atom is -0.332 e. The van der Waals surface area contributed by atoms with Crippen molar-refractivity contribution in [3.8, 4) is 5.69 Å². The Bertz CT molecular complexity index is 1340. The number of hydrogen-bond donors (Lipinski definition) is 0. The fourth-order valence-corrected chi connectivity index (χ4v) is 5.19. The monoisotopic (exact) mass is 487 g/mol. The fraction of sp³-hybridized carbons (Fsp3) is 0.345. The molecule has 0 saturated carbocycles. The van der Waals surface area contributed by atoms with Gasteiger partial charge in [-0.3, -0.25) is 14.2 Å². The quantitative estimate of drug-likeness (QED) is 0.241. The molecule has 1 atom stereocenters. The third-order valence-electron chi connectivity index (χ3n) is 6.38. The second-order valence-electron chi connectivity index (χ2n) is 9.05. The SMILES string of the molecule is CCCCCCN(C(=O)Cc1cccs1)C(C)c1nc2ccccc2c(=O)n1-c1cccc(C)c1. The van der Waals surface area contributed by atoms with Crippen molar-refractivity contribution < 1.29 is 4.79 Å². The van der Waals surface area contributed by atoms with Crippen LogP contribution in [0.15, 0.2) is 70.8 Å². The maximum Gasteiger partial charge on any atom is 0.266 e. The van der Waals surface area contributed by atoms with Crippen LogP contribution in [-0.4, -0.2) is 26.9 Å². The summed E-state index contributed by atoms with van der Waals surface area (Å²) in [5.41, 5.74) is 2.37. The van der Waals surface area contributed by atoms with Crippen LogP contribution >= 0.6 is 11.3 Å². The van der Waals surface area contributed by atoms with Gasteiger partial charge in [0.15, 0.2) is 0 Å². The number of carbonyl (C=O) groups is 1. The number of unbranched alkanes of at least 4 members (excludes halogenated alkanes) is 3. The van der Waals surface area contributed by atoms with E-state index in [1.165, 1.54) is 0 Å². The van der Waals surface area contributed by atoms with Gasteiger partial charge in [0.05, 0.1) is 29.1 Å². The fourth-order valence-electron chi connectivity index (χ4n) is 4.49. The molecule has 1 unspecified atom stereocenters. The zero-order valence-corrected chi connectivity index (χ0v) is 21.6. The first kappa shape index (κ1) is 24.9. The van der Waals surface area contributed by atoms with E-state index in [1.54, 1.807) is 15.9 Å². The number of hydrogen-bond acceptors (Lipinski definition) is 4. The summed E-state index contributed by atoms with van der Waals surface area (Å²) in [7, 11) is 0. The molecule has 2 aromatic heterocycles. The van der Waals surface area contributed by atoms with Gasteiger partial charge in [0, 0.05) is 11.4 Å². The molecule has 0 aliphatic rings. The average Bonchev–Trinajstić information content (AvgIpc) is 3.36. The normalized spacial score (nSPS) is 12.1. The van der Waals surface area contributed by atoms with E-state index in [2.05, 4.69) is 6.92 Å². The highest BCUT2D eigenvalue weighted by Gasteiger charge is 2.27. The smallest absolute Gasteiger partial charge is 0.266 e. The number of aryl methyl sites for hydroxylation is 1. The Kier molecular flexibility index (Phi) is 8.13. The molecule has 0 fully saturated rings. The van der Waals surface area contributed by atoms with E-state index in [0.29, 0.717) is 29.7 Å². The molecular weight excluding hydrogens is 454 g/mol. The van der Waals surface area contributed by atoms with E-state index >= 15 is 0 Å². The van der Waals surface area contributed by atoms with Crippen molar-refractivity contribution in [3.05, 3.63) is 92.7 Å². The largest absolute Gasteiger partial charge is 0.332 e. The lowest BCUT2D eigenvalue weighted by Gasteiger charge is -2.31. The van der Waals surface area contributed by atoms with Crippen molar-refractivity contribution in [3.63, 3.8) is 0 Å². The van der Waals surface area contributed by atoms with Crippen LogP contribution < -0.4 is 5.56 Å². The Morgan fingerprint density at radius 2 is 1.89 bits per heavy atom. The van der Waals surface area contributed by atoms with Crippen molar-refractivity contribution in [1.82, 2.24) is 14.5 Å². The number of fused-ring (bicyclic) bond motifs is 1. The molecular formula is C29H33N3O2S. The standard InChI is InChI=1S/C29H33N3O2S/c1-4-5-6-9-17-31(27(33)20-24-14-11-18-35-24)22(3)28-30-26-16-8-7-15-25(26)29(34)32(28)23-13-10-12-21(2)19-23/h7-8,10-16,18-19,22H,4-6,9,17,20H2,1-3H3. The van der Waals surface area contributed by atoms with Crippen molar-refractivity contribution in [2.45, 2.75) is 58.9 Å². The van der Waals surface area contributed by atoms with Crippen molar-refractivity contribution in [1.29, 1.82) is 0 Å². The summed E-state index contributed by atoms with van der Waals surface area (Å²) >= 11 is 1.60. The van der Waals surface area contributed by atoms with Crippen molar-refractivity contribution >= 4 is 28.1 Å². The molecule has 0 aliphatic heterocycles. The minimum absolute atomic E-state index is 0.0645. The Labute approximate surface area is 211 Å². The maximum atomic E-state index is 13.7. The van der Waals surface area contributed by atoms with E-state index < -0.39 is 0 Å². The number of amides is 1. The molecule has 5 nitrogen and oxygen atoms in total. The zero-order valence-electron chi connectivity index (χ0n) is 20.7. The molecule has 4 aromatic rings. The Morgan fingerprint density at radius 1 is 1.06 bits per heavy atom. The van der Waals surface area contributed by atoms with Gasteiger partial charge in [0.2, 0.25) is 5.91 Å². The van der Waals surface area contributed by atoms with Crippen LogP contribution in [0, 0.1) is 6.92 Å². The zero-order chi connectivity index (χ0) is 24.8. The number of benzene rings is 2. The van der Waals surface area contributed by atoms with E-state index in [4.69, 9.17) is 4.98 Å². The third kappa shape index (κ3) is 5.70. The van der Waals surface area contributed by atoms with Gasteiger partial charge in [-0.1, -0.05) is 56.5 Å². The predicted octanol–water partition coefficient (Wildman–Crippen LogP) is 6.47. The topological polar surface area (TPSA) is 55.2 Å². The third-order valence-corrected chi connectivity index (χ3v) is 7.26. The van der Waals surface area contributed by atoms with Crippen LogP contribution in [0.2, 0.25) is 0 Å². The van der Waals surface area contributed by atoms with E-state index in [9.17, 15) is 9.59 Å². The van der Waals surface area contributed by atoms with Crippen LogP contribution in [0.3, 0.4) is 0 Å². The van der Waals surface area contributed by atoms with Gasteiger partial charge in [0.25, 0.3) is 5.56 Å². The highest BCUT2D eigenvalue weighted by Crippen LogP contribution is 2.25. The average molecular weight is 488 g/mol. The summed E-state index contributed by atoms with van der Waals surface area (Å²) in [6.45, 7) is 6.83. The van der Waals surface area contributed by atoms with Crippen LogP contribution in [0.1, 0.15) is 61.8 Å². The Morgan fingerprint density at radius 3 is 2.63 bits per heavy atom. The molecule has 0 radical (unpaired) electrons. The van der Waals surface area contributed by atoms with E-state index in [-0.39, 0.29) is 17.5 Å². The maximum absolute atomic E-state index is 13.7. The first-order valence-electron chi connectivity index (χ1n) is 12.4. The molecule has 0 saturated heterocycles. The predicted molar refractivity (Wildman–Crippen MR) is 144 cm³/mol. The van der Waals surface area contributed by atoms with Crippen LogP contribution in [-0.2, 0) is 11.2 Å². The summed E-state index contributed by atoms with van der Waals surface area (Å²) in [4.78, 5) is 35.2. The molecule has 2 aromatic carbocycles. The number of aromatic nitrogens is 2. The molecule has 35 heavy (non-hydrogen) atoms. The number of carbonyl (C=O) groups excluding carboxylic acids is 1. The summed E-state index contributed by atoms with van der Waals surface area (Å²) < 4.78 is 1.69. The number of nitrogens with zero attached hydrogens (tertiary/aromatic N) is 3. The lowest BCUT2D eigenvalue weighted by Crippen LogP contribution is -2.38. The van der Waals surface area contributed by atoms with E-state index in [0.717, 1.165) is 41.8 Å². The summed E-state index contributed by atoms with van der Waals surface area (Å²) in [5.74, 6) is 0.656. The van der Waals surface area contributed by atoms with Crippen molar-refractivity contribution in [2.75, 3.05) is 6.54 Å². The van der Waals surface area contributed by atoms with Gasteiger partial charge in [-0.2, -0.15) is 0 Å². The Balaban J connectivity index is 1.80. The highest BCUT2D eigenvalue weighted by molar-refractivity contribution is 7.10. The first-order valence-corrected chi connectivity index (χ1v) is 13.3. The molecule has 0 aliphatic carbocycles. The molecule has 182 valence electrons. The molecule has 0 N–H and O–H groups in total. The van der Waals surface area contributed by atoms with Crippen molar-refractivity contribution in [2.24, 2.45) is 0 Å². The van der Waals surface area contributed by atoms with Gasteiger partial charge in [-0.05, 0) is 61.5 Å². The first-order chi connectivity index (χ1) is 17.0. The van der Waals surface area contributed by atoms with Crippen LogP contribution in [0.4, 0.5) is 0 Å². The van der Waals surface area contributed by atoms with Gasteiger partial charge < -0.3 is 4.90 Å². The second kappa shape index (κ2) is 11.5. The van der Waals surface area contributed by atoms with E-state index in [1.807, 2.05) is 84.8 Å². The van der Waals surface area contributed by atoms with Gasteiger partial charge in [-0.25, -0.2) is 4.98 Å². The Hall–Kier alpha value is -3.25. The molecule has 6 heteroatoms. The minimum atomic E-state index is -0.359. The number of rotatable bonds is 10. The molecule has 0 spiro atoms. The molecule has 1 amide bonds.